The largest absolute Gasteiger partial charge is 0.355 e. The summed E-state index contributed by atoms with van der Waals surface area (Å²) in [6, 6.07) is 0.0763. The Hall–Kier alpha value is -0.780. The van der Waals surface area contributed by atoms with E-state index in [2.05, 4.69) is 15.3 Å². The van der Waals surface area contributed by atoms with E-state index in [1.54, 1.807) is 12.4 Å². The van der Waals surface area contributed by atoms with E-state index >= 15 is 0 Å². The smallest absolute Gasteiger partial charge is 0.224 e. The zero-order valence-corrected chi connectivity index (χ0v) is 12.9. The number of aromatic nitrogens is 2. The summed E-state index contributed by atoms with van der Waals surface area (Å²) in [7, 11) is 0. The molecule has 7 heteroatoms. The Kier molecular flexibility index (Phi) is 6.30. The van der Waals surface area contributed by atoms with E-state index in [1.165, 1.54) is 12.8 Å². The molecule has 1 aromatic rings. The van der Waals surface area contributed by atoms with Gasteiger partial charge in [0.05, 0.1) is 5.92 Å². The van der Waals surface area contributed by atoms with Crippen LogP contribution in [0.5, 0.6) is 0 Å². The number of rotatable bonds is 4. The lowest BCUT2D eigenvalue weighted by molar-refractivity contribution is -0.127. The molecule has 1 heterocycles. The lowest BCUT2D eigenvalue weighted by Crippen LogP contribution is -2.45. The molecule has 5 nitrogen and oxygen atoms in total. The van der Waals surface area contributed by atoms with Crippen molar-refractivity contribution in [2.24, 2.45) is 23.5 Å². The molecule has 3 rings (SSSR count). The van der Waals surface area contributed by atoms with Crippen molar-refractivity contribution < 1.29 is 4.79 Å². The quantitative estimate of drug-likeness (QED) is 0.781. The number of H-pyrrole nitrogens is 1. The number of fused-ring (bicyclic) bond motifs is 2. The lowest BCUT2D eigenvalue weighted by Gasteiger charge is -2.26. The molecule has 0 aliphatic heterocycles. The van der Waals surface area contributed by atoms with Crippen LogP contribution in [0.1, 0.15) is 25.1 Å². The van der Waals surface area contributed by atoms with Gasteiger partial charge in [0.15, 0.2) is 0 Å². The van der Waals surface area contributed by atoms with Crippen molar-refractivity contribution in [1.29, 1.82) is 0 Å². The van der Waals surface area contributed by atoms with Crippen LogP contribution < -0.4 is 11.1 Å². The van der Waals surface area contributed by atoms with Crippen molar-refractivity contribution >= 4 is 30.7 Å². The topological polar surface area (TPSA) is 83.8 Å². The summed E-state index contributed by atoms with van der Waals surface area (Å²) in [5.74, 6) is 2.19. The van der Waals surface area contributed by atoms with Gasteiger partial charge in [-0.05, 0) is 31.1 Å². The third kappa shape index (κ3) is 3.27. The highest BCUT2D eigenvalue weighted by atomic mass is 35.5. The van der Waals surface area contributed by atoms with Gasteiger partial charge in [-0.25, -0.2) is 4.98 Å². The molecule has 2 aliphatic rings. The first-order valence-corrected chi connectivity index (χ1v) is 6.77. The maximum atomic E-state index is 12.2. The molecule has 2 aliphatic carbocycles. The summed E-state index contributed by atoms with van der Waals surface area (Å²) in [5.41, 5.74) is 6.15. The summed E-state index contributed by atoms with van der Waals surface area (Å²) in [5, 5.41) is 3.00. The van der Waals surface area contributed by atoms with E-state index in [4.69, 9.17) is 5.73 Å². The molecule has 4 N–H and O–H groups in total. The SMILES string of the molecule is Cl.Cl.NC1C2CCC(C2)C1C(=O)NCCc1ncc[nH]1. The number of amides is 1. The predicted octanol–water partition coefficient (Wildman–Crippen LogP) is 1.29. The molecule has 20 heavy (non-hydrogen) atoms. The molecule has 4 unspecified atom stereocenters. The molecule has 2 fully saturated rings. The van der Waals surface area contributed by atoms with Gasteiger partial charge < -0.3 is 16.0 Å². The van der Waals surface area contributed by atoms with Gasteiger partial charge in [0, 0.05) is 31.4 Å². The van der Waals surface area contributed by atoms with E-state index in [-0.39, 0.29) is 42.7 Å². The summed E-state index contributed by atoms with van der Waals surface area (Å²) in [6.45, 7) is 0.632. The molecule has 0 aromatic carbocycles. The standard InChI is InChI=1S/C13H20N4O.2ClH/c14-12-9-2-1-8(7-9)11(12)13(18)17-4-3-10-15-5-6-16-10;;/h5-6,8-9,11-12H,1-4,7,14H2,(H,15,16)(H,17,18);2*1H. The summed E-state index contributed by atoms with van der Waals surface area (Å²) < 4.78 is 0. The molecule has 1 aromatic heterocycles. The number of nitrogens with zero attached hydrogens (tertiary/aromatic N) is 1. The van der Waals surface area contributed by atoms with Crippen molar-refractivity contribution in [2.45, 2.75) is 31.7 Å². The molecule has 0 saturated heterocycles. The molecule has 2 bridgehead atoms. The number of hydrogen-bond donors (Lipinski definition) is 3. The highest BCUT2D eigenvalue weighted by Crippen LogP contribution is 2.47. The molecule has 0 radical (unpaired) electrons. The van der Waals surface area contributed by atoms with Gasteiger partial charge in [-0.2, -0.15) is 0 Å². The van der Waals surface area contributed by atoms with Crippen LogP contribution in [0.3, 0.4) is 0 Å². The zero-order valence-electron chi connectivity index (χ0n) is 11.2. The summed E-state index contributed by atoms with van der Waals surface area (Å²) >= 11 is 0. The molecular weight excluding hydrogens is 299 g/mol. The third-order valence-electron chi connectivity index (χ3n) is 4.50. The molecule has 4 atom stereocenters. The van der Waals surface area contributed by atoms with Gasteiger partial charge in [-0.15, -0.1) is 24.8 Å². The fraction of sp³-hybridized carbons (Fsp3) is 0.692. The second-order valence-corrected chi connectivity index (χ2v) is 5.51. The average Bonchev–Trinajstić information content (AvgIpc) is 3.03. The molecule has 1 amide bonds. The second kappa shape index (κ2) is 7.29. The Morgan fingerprint density at radius 3 is 2.75 bits per heavy atom. The number of carbonyl (C=O) groups is 1. The van der Waals surface area contributed by atoms with Gasteiger partial charge in [0.25, 0.3) is 0 Å². The maximum Gasteiger partial charge on any atom is 0.224 e. The number of halogens is 2. The van der Waals surface area contributed by atoms with E-state index in [0.29, 0.717) is 18.4 Å². The molecule has 0 spiro atoms. The van der Waals surface area contributed by atoms with Gasteiger partial charge in [0.1, 0.15) is 5.82 Å². The maximum absolute atomic E-state index is 12.2. The Bertz CT molecular complexity index is 424. The van der Waals surface area contributed by atoms with Gasteiger partial charge in [0.2, 0.25) is 5.91 Å². The number of nitrogens with one attached hydrogen (secondary N) is 2. The van der Waals surface area contributed by atoms with Crippen LogP contribution in [-0.4, -0.2) is 28.5 Å². The van der Waals surface area contributed by atoms with Crippen LogP contribution >= 0.6 is 24.8 Å². The zero-order chi connectivity index (χ0) is 12.5. The van der Waals surface area contributed by atoms with E-state index in [0.717, 1.165) is 18.7 Å². The highest BCUT2D eigenvalue weighted by Gasteiger charge is 2.48. The van der Waals surface area contributed by atoms with Crippen LogP contribution in [0.15, 0.2) is 12.4 Å². The number of carbonyl (C=O) groups excluding carboxylic acids is 1. The highest BCUT2D eigenvalue weighted by molar-refractivity contribution is 5.85. The predicted molar refractivity (Wildman–Crippen MR) is 82.1 cm³/mol. The first-order chi connectivity index (χ1) is 8.75. The molecule has 2 saturated carbocycles. The first kappa shape index (κ1) is 17.3. The van der Waals surface area contributed by atoms with Crippen molar-refractivity contribution in [3.63, 3.8) is 0 Å². The minimum absolute atomic E-state index is 0. The molecule has 114 valence electrons. The number of aromatic amines is 1. The van der Waals surface area contributed by atoms with Crippen LogP contribution in [0, 0.1) is 17.8 Å². The van der Waals surface area contributed by atoms with Gasteiger partial charge >= 0.3 is 0 Å². The van der Waals surface area contributed by atoms with E-state index in [9.17, 15) is 4.79 Å². The van der Waals surface area contributed by atoms with Crippen LogP contribution in [0.2, 0.25) is 0 Å². The Morgan fingerprint density at radius 1 is 1.40 bits per heavy atom. The normalized spacial score (nSPS) is 30.4. The minimum Gasteiger partial charge on any atom is -0.355 e. The summed E-state index contributed by atoms with van der Waals surface area (Å²) in [4.78, 5) is 19.3. The Labute approximate surface area is 131 Å². The van der Waals surface area contributed by atoms with Crippen LogP contribution in [-0.2, 0) is 11.2 Å². The van der Waals surface area contributed by atoms with Crippen molar-refractivity contribution in [2.75, 3.05) is 6.54 Å². The minimum atomic E-state index is 0. The van der Waals surface area contributed by atoms with E-state index in [1.807, 2.05) is 0 Å². The van der Waals surface area contributed by atoms with E-state index < -0.39 is 0 Å². The van der Waals surface area contributed by atoms with Crippen molar-refractivity contribution in [3.8, 4) is 0 Å². The van der Waals surface area contributed by atoms with Gasteiger partial charge in [-0.3, -0.25) is 4.79 Å². The van der Waals surface area contributed by atoms with Gasteiger partial charge in [-0.1, -0.05) is 0 Å². The average molecular weight is 321 g/mol. The summed E-state index contributed by atoms with van der Waals surface area (Å²) in [6.07, 6.45) is 7.80. The monoisotopic (exact) mass is 320 g/mol. The lowest BCUT2D eigenvalue weighted by atomic mass is 9.84. The molecular formula is C13H22Cl2N4O. The Balaban J connectivity index is 0.000001000. The van der Waals surface area contributed by atoms with Crippen LogP contribution in [0.25, 0.3) is 0 Å². The first-order valence-electron chi connectivity index (χ1n) is 6.77. The van der Waals surface area contributed by atoms with Crippen molar-refractivity contribution in [1.82, 2.24) is 15.3 Å². The fourth-order valence-electron chi connectivity index (χ4n) is 3.58. The third-order valence-corrected chi connectivity index (χ3v) is 4.50. The Morgan fingerprint density at radius 2 is 2.15 bits per heavy atom. The number of nitrogens with two attached hydrogens (primary N) is 1. The fourth-order valence-corrected chi connectivity index (χ4v) is 3.58. The van der Waals surface area contributed by atoms with Crippen LogP contribution in [0.4, 0.5) is 0 Å². The van der Waals surface area contributed by atoms with Crippen molar-refractivity contribution in [3.05, 3.63) is 18.2 Å². The second-order valence-electron chi connectivity index (χ2n) is 5.51. The number of imidazole rings is 1. The number of hydrogen-bond acceptors (Lipinski definition) is 3.